The number of carbonyl (C=O) groups excluding carboxylic acids is 2. The number of sulfonamides is 1. The molecule has 0 saturated carbocycles. The monoisotopic (exact) mass is 426 g/mol. The first-order chi connectivity index (χ1) is 12.9. The highest BCUT2D eigenvalue weighted by molar-refractivity contribution is 8.00. The molecule has 1 aliphatic heterocycles. The Morgan fingerprint density at radius 3 is 2.52 bits per heavy atom. The maximum atomic E-state index is 12.5. The quantitative estimate of drug-likeness (QED) is 0.677. The largest absolute Gasteiger partial charge is 0.274 e. The van der Waals surface area contributed by atoms with Crippen LogP contribution in [0.15, 0.2) is 29.2 Å². The molecule has 1 saturated heterocycles. The summed E-state index contributed by atoms with van der Waals surface area (Å²) in [6.45, 7) is 3.83. The van der Waals surface area contributed by atoms with Crippen LogP contribution in [0.2, 0.25) is 0 Å². The van der Waals surface area contributed by atoms with Crippen LogP contribution in [0.3, 0.4) is 0 Å². The van der Waals surface area contributed by atoms with Gasteiger partial charge in [-0.15, -0.1) is 22.0 Å². The van der Waals surface area contributed by atoms with Crippen molar-refractivity contribution in [1.82, 2.24) is 10.2 Å². The van der Waals surface area contributed by atoms with Crippen LogP contribution in [-0.2, 0) is 26.0 Å². The van der Waals surface area contributed by atoms with Crippen molar-refractivity contribution >= 4 is 55.8 Å². The van der Waals surface area contributed by atoms with E-state index in [4.69, 9.17) is 0 Å². The molecule has 0 spiro atoms. The fourth-order valence-corrected chi connectivity index (χ4v) is 5.41. The number of hydrogen-bond acceptors (Lipinski definition) is 8. The van der Waals surface area contributed by atoms with Gasteiger partial charge in [0.05, 0.1) is 15.8 Å². The van der Waals surface area contributed by atoms with Crippen molar-refractivity contribution in [2.24, 2.45) is 0 Å². The Labute approximate surface area is 165 Å². The SMILES string of the molecule is CCSC1CC(=O)N(c2ccc(S(=O)(=O)Nc3nnc(CC)s3)cc2)C1=O. The molecule has 27 heavy (non-hydrogen) atoms. The molecule has 0 radical (unpaired) electrons. The minimum absolute atomic E-state index is 0.0121. The number of rotatable bonds is 7. The molecule has 1 aromatic heterocycles. The fourth-order valence-electron chi connectivity index (χ4n) is 2.59. The average Bonchev–Trinajstić information content (AvgIpc) is 3.19. The van der Waals surface area contributed by atoms with Crippen LogP contribution >= 0.6 is 23.1 Å². The predicted molar refractivity (Wildman–Crippen MR) is 106 cm³/mol. The zero-order valence-electron chi connectivity index (χ0n) is 14.7. The van der Waals surface area contributed by atoms with Crippen LogP contribution in [0, 0.1) is 0 Å². The number of nitrogens with zero attached hydrogens (tertiary/aromatic N) is 3. The van der Waals surface area contributed by atoms with Gasteiger partial charge in [0.2, 0.25) is 16.9 Å². The van der Waals surface area contributed by atoms with Gasteiger partial charge in [-0.1, -0.05) is 25.2 Å². The molecular formula is C16H18N4O4S3. The summed E-state index contributed by atoms with van der Waals surface area (Å²) in [5.41, 5.74) is 0.368. The first-order valence-electron chi connectivity index (χ1n) is 8.29. The topological polar surface area (TPSA) is 109 Å². The van der Waals surface area contributed by atoms with Gasteiger partial charge < -0.3 is 0 Å². The molecule has 0 bridgehead atoms. The van der Waals surface area contributed by atoms with Gasteiger partial charge in [-0.2, -0.15) is 0 Å². The normalized spacial score (nSPS) is 17.6. The lowest BCUT2D eigenvalue weighted by molar-refractivity contribution is -0.121. The van der Waals surface area contributed by atoms with E-state index in [2.05, 4.69) is 14.9 Å². The number of amides is 2. The second kappa shape index (κ2) is 7.95. The summed E-state index contributed by atoms with van der Waals surface area (Å²) in [4.78, 5) is 25.7. The number of nitrogens with one attached hydrogen (secondary N) is 1. The average molecular weight is 427 g/mol. The Balaban J connectivity index is 1.78. The minimum atomic E-state index is -3.83. The van der Waals surface area contributed by atoms with E-state index >= 15 is 0 Å². The van der Waals surface area contributed by atoms with Crippen LogP contribution in [0.5, 0.6) is 0 Å². The van der Waals surface area contributed by atoms with Gasteiger partial charge in [-0.3, -0.25) is 14.3 Å². The van der Waals surface area contributed by atoms with Gasteiger partial charge in [-0.05, 0) is 36.4 Å². The lowest BCUT2D eigenvalue weighted by Crippen LogP contribution is -2.31. The van der Waals surface area contributed by atoms with Crippen molar-refractivity contribution in [1.29, 1.82) is 0 Å². The summed E-state index contributed by atoms with van der Waals surface area (Å²) in [6, 6.07) is 5.64. The third kappa shape index (κ3) is 4.14. The van der Waals surface area contributed by atoms with Crippen LogP contribution in [0.1, 0.15) is 25.3 Å². The molecule has 3 rings (SSSR count). The molecule has 1 fully saturated rings. The first kappa shape index (κ1) is 19.8. The first-order valence-corrected chi connectivity index (χ1v) is 11.6. The smallest absolute Gasteiger partial charge is 0.263 e. The van der Waals surface area contributed by atoms with E-state index in [1.165, 1.54) is 47.4 Å². The van der Waals surface area contributed by atoms with Crippen molar-refractivity contribution < 1.29 is 18.0 Å². The molecule has 11 heteroatoms. The summed E-state index contributed by atoms with van der Waals surface area (Å²) < 4.78 is 27.3. The number of thioether (sulfide) groups is 1. The van der Waals surface area contributed by atoms with Gasteiger partial charge in [0.15, 0.2) is 0 Å². The third-order valence-corrected chi connectivity index (χ3v) is 7.44. The maximum absolute atomic E-state index is 12.5. The molecule has 1 atom stereocenters. The van der Waals surface area contributed by atoms with E-state index < -0.39 is 10.0 Å². The second-order valence-electron chi connectivity index (χ2n) is 5.67. The third-order valence-electron chi connectivity index (χ3n) is 3.87. The summed E-state index contributed by atoms with van der Waals surface area (Å²) in [7, 11) is -3.83. The Morgan fingerprint density at radius 1 is 1.22 bits per heavy atom. The van der Waals surface area contributed by atoms with Gasteiger partial charge in [0.25, 0.3) is 10.0 Å². The molecular weight excluding hydrogens is 408 g/mol. The zero-order chi connectivity index (χ0) is 19.6. The summed E-state index contributed by atoms with van der Waals surface area (Å²) >= 11 is 2.60. The van der Waals surface area contributed by atoms with Crippen molar-refractivity contribution in [3.63, 3.8) is 0 Å². The number of aryl methyl sites for hydroxylation is 1. The highest BCUT2D eigenvalue weighted by Crippen LogP contribution is 2.30. The molecule has 144 valence electrons. The molecule has 1 aliphatic rings. The van der Waals surface area contributed by atoms with Crippen LogP contribution in [0.4, 0.5) is 10.8 Å². The minimum Gasteiger partial charge on any atom is -0.274 e. The fraction of sp³-hybridized carbons (Fsp3) is 0.375. The van der Waals surface area contributed by atoms with E-state index in [0.717, 1.165) is 15.7 Å². The Kier molecular flexibility index (Phi) is 5.82. The Bertz CT molecular complexity index is 956. The lowest BCUT2D eigenvalue weighted by Gasteiger charge is -2.15. The van der Waals surface area contributed by atoms with Crippen molar-refractivity contribution in [3.05, 3.63) is 29.3 Å². The Hall–Kier alpha value is -1.98. The molecule has 1 unspecified atom stereocenters. The maximum Gasteiger partial charge on any atom is 0.263 e. The summed E-state index contributed by atoms with van der Waals surface area (Å²) in [5.74, 6) is 0.202. The van der Waals surface area contributed by atoms with Gasteiger partial charge >= 0.3 is 0 Å². The number of benzene rings is 1. The molecule has 0 aliphatic carbocycles. The highest BCUT2D eigenvalue weighted by atomic mass is 32.2. The van der Waals surface area contributed by atoms with E-state index in [1.54, 1.807) is 0 Å². The number of anilines is 2. The lowest BCUT2D eigenvalue weighted by atomic mass is 10.3. The number of carbonyl (C=O) groups is 2. The predicted octanol–water partition coefficient (Wildman–Crippen LogP) is 2.29. The van der Waals surface area contributed by atoms with Crippen molar-refractivity contribution in [2.75, 3.05) is 15.4 Å². The van der Waals surface area contributed by atoms with Gasteiger partial charge in [-0.25, -0.2) is 13.3 Å². The van der Waals surface area contributed by atoms with Crippen LogP contribution in [-0.4, -0.2) is 41.4 Å². The van der Waals surface area contributed by atoms with E-state index in [9.17, 15) is 18.0 Å². The Morgan fingerprint density at radius 2 is 1.93 bits per heavy atom. The molecule has 8 nitrogen and oxygen atoms in total. The van der Waals surface area contributed by atoms with Crippen molar-refractivity contribution in [2.45, 2.75) is 36.8 Å². The molecule has 2 aromatic rings. The van der Waals surface area contributed by atoms with Gasteiger partial charge in [0.1, 0.15) is 5.01 Å². The summed E-state index contributed by atoms with van der Waals surface area (Å²) in [6.07, 6.45) is 0.832. The molecule has 1 N–H and O–H groups in total. The standard InChI is InChI=1S/C16H18N4O4S3/c1-3-13-17-18-16(26-13)19-27(23,24)11-7-5-10(6-8-11)20-14(21)9-12(15(20)22)25-4-2/h5-8,12H,3-4,9H2,1-2H3,(H,18,19). The van der Waals surface area contributed by atoms with E-state index in [1.807, 2.05) is 13.8 Å². The van der Waals surface area contributed by atoms with Gasteiger partial charge in [0, 0.05) is 6.42 Å². The molecule has 2 heterocycles. The zero-order valence-corrected chi connectivity index (χ0v) is 17.2. The number of aromatic nitrogens is 2. The molecule has 2 amide bonds. The number of hydrogen-bond donors (Lipinski definition) is 1. The van der Waals surface area contributed by atoms with Crippen LogP contribution < -0.4 is 9.62 Å². The van der Waals surface area contributed by atoms with Crippen LogP contribution in [0.25, 0.3) is 0 Å². The molecule has 1 aromatic carbocycles. The highest BCUT2D eigenvalue weighted by Gasteiger charge is 2.39. The van der Waals surface area contributed by atoms with E-state index in [-0.39, 0.29) is 33.5 Å². The van der Waals surface area contributed by atoms with Crippen molar-refractivity contribution in [3.8, 4) is 0 Å². The summed E-state index contributed by atoms with van der Waals surface area (Å²) in [5, 5.41) is 8.23. The van der Waals surface area contributed by atoms with E-state index in [0.29, 0.717) is 12.1 Å². The second-order valence-corrected chi connectivity index (χ2v) is 9.89. The number of imide groups is 1.